The summed E-state index contributed by atoms with van der Waals surface area (Å²) in [5.74, 6) is -0.687. The number of esters is 1. The Labute approximate surface area is 128 Å². The van der Waals surface area contributed by atoms with Gasteiger partial charge in [0.25, 0.3) is 0 Å². The number of rotatable bonds is 6. The smallest absolute Gasteiger partial charge is 0.416 e. The first-order chi connectivity index (χ1) is 10.7. The molecule has 2 aromatic carbocycles. The molecule has 0 saturated heterocycles. The molecule has 0 unspecified atom stereocenters. The fraction of sp³-hybridized carbons (Fsp3) is 0.235. The Morgan fingerprint density at radius 2 is 1.82 bits per heavy atom. The van der Waals surface area contributed by atoms with E-state index in [9.17, 15) is 9.59 Å². The SMILES string of the molecule is COC(=O)C(CCCC(=O)c1ccc2ccccc2c1)=[N+]=[N-]. The zero-order valence-corrected chi connectivity index (χ0v) is 12.3. The van der Waals surface area contributed by atoms with Crippen LogP contribution < -0.4 is 0 Å². The van der Waals surface area contributed by atoms with Crippen molar-refractivity contribution < 1.29 is 19.1 Å². The zero-order valence-electron chi connectivity index (χ0n) is 12.3. The maximum absolute atomic E-state index is 12.2. The Hall–Kier alpha value is -2.78. The minimum Gasteiger partial charge on any atom is -0.460 e. The van der Waals surface area contributed by atoms with Gasteiger partial charge in [-0.2, -0.15) is 4.79 Å². The molecule has 0 aliphatic rings. The molecule has 0 fully saturated rings. The number of Topliss-reactive ketones (excluding diaryl/α,β-unsaturated/α-hetero) is 1. The van der Waals surface area contributed by atoms with Crippen LogP contribution in [0.2, 0.25) is 0 Å². The molecule has 0 amide bonds. The van der Waals surface area contributed by atoms with E-state index in [0.29, 0.717) is 12.0 Å². The van der Waals surface area contributed by atoms with E-state index in [0.717, 1.165) is 10.8 Å². The molecular formula is C17H16N2O3. The highest BCUT2D eigenvalue weighted by Crippen LogP contribution is 2.17. The summed E-state index contributed by atoms with van der Waals surface area (Å²) >= 11 is 0. The largest absolute Gasteiger partial charge is 0.460 e. The van der Waals surface area contributed by atoms with Gasteiger partial charge >= 0.3 is 11.7 Å². The van der Waals surface area contributed by atoms with Crippen LogP contribution in [0.3, 0.4) is 0 Å². The van der Waals surface area contributed by atoms with Crippen molar-refractivity contribution in [2.75, 3.05) is 7.11 Å². The van der Waals surface area contributed by atoms with Crippen molar-refractivity contribution in [1.29, 1.82) is 0 Å². The number of nitrogens with zero attached hydrogens (tertiary/aromatic N) is 2. The van der Waals surface area contributed by atoms with Crippen molar-refractivity contribution in [1.82, 2.24) is 0 Å². The van der Waals surface area contributed by atoms with E-state index >= 15 is 0 Å². The highest BCUT2D eigenvalue weighted by molar-refractivity contribution is 6.33. The second-order valence-electron chi connectivity index (χ2n) is 4.88. The minimum absolute atomic E-state index is 0.00657. The second kappa shape index (κ2) is 7.29. The van der Waals surface area contributed by atoms with Crippen molar-refractivity contribution >= 4 is 28.2 Å². The van der Waals surface area contributed by atoms with Gasteiger partial charge in [0, 0.05) is 12.0 Å². The first kappa shape index (κ1) is 15.6. The first-order valence-corrected chi connectivity index (χ1v) is 6.97. The predicted octanol–water partition coefficient (Wildman–Crippen LogP) is 3.04. The fourth-order valence-corrected chi connectivity index (χ4v) is 2.23. The Balaban J connectivity index is 1.99. The number of fused-ring (bicyclic) bond motifs is 1. The minimum atomic E-state index is -0.680. The number of carbonyl (C=O) groups is 2. The van der Waals surface area contributed by atoms with Gasteiger partial charge in [-0.05, 0) is 23.3 Å². The van der Waals surface area contributed by atoms with Crippen LogP contribution in [0.25, 0.3) is 16.3 Å². The molecule has 2 aromatic rings. The average molecular weight is 296 g/mol. The Morgan fingerprint density at radius 3 is 2.50 bits per heavy atom. The third-order valence-corrected chi connectivity index (χ3v) is 3.43. The molecule has 0 atom stereocenters. The molecule has 2 rings (SSSR count). The van der Waals surface area contributed by atoms with Crippen LogP contribution in [-0.2, 0) is 9.53 Å². The van der Waals surface area contributed by atoms with Gasteiger partial charge in [0.1, 0.15) is 0 Å². The van der Waals surface area contributed by atoms with Crippen LogP contribution in [0.5, 0.6) is 0 Å². The van der Waals surface area contributed by atoms with E-state index in [1.54, 1.807) is 6.07 Å². The number of ketones is 1. The summed E-state index contributed by atoms with van der Waals surface area (Å²) in [6.07, 6.45) is 0.886. The fourth-order valence-electron chi connectivity index (χ4n) is 2.23. The normalized spacial score (nSPS) is 10.0. The van der Waals surface area contributed by atoms with E-state index < -0.39 is 5.97 Å². The van der Waals surface area contributed by atoms with Crippen molar-refractivity contribution in [2.24, 2.45) is 0 Å². The molecule has 22 heavy (non-hydrogen) atoms. The highest BCUT2D eigenvalue weighted by Gasteiger charge is 2.20. The van der Waals surface area contributed by atoms with Gasteiger partial charge in [-0.1, -0.05) is 36.4 Å². The number of hydrogen-bond acceptors (Lipinski definition) is 3. The molecule has 0 aliphatic heterocycles. The van der Waals surface area contributed by atoms with Gasteiger partial charge in [-0.15, -0.1) is 0 Å². The molecule has 0 N–H and O–H groups in total. The van der Waals surface area contributed by atoms with E-state index in [1.807, 2.05) is 36.4 Å². The Kier molecular flexibility index (Phi) is 5.17. The van der Waals surface area contributed by atoms with Gasteiger partial charge in [0.2, 0.25) is 0 Å². The van der Waals surface area contributed by atoms with Crippen molar-refractivity contribution in [3.05, 3.63) is 53.6 Å². The van der Waals surface area contributed by atoms with E-state index in [2.05, 4.69) is 9.53 Å². The lowest BCUT2D eigenvalue weighted by Gasteiger charge is -2.03. The summed E-state index contributed by atoms with van der Waals surface area (Å²) < 4.78 is 4.48. The molecule has 0 aromatic heterocycles. The quantitative estimate of drug-likeness (QED) is 0.270. The Morgan fingerprint density at radius 1 is 1.09 bits per heavy atom. The molecule has 0 bridgehead atoms. The molecule has 112 valence electrons. The molecule has 5 heteroatoms. The molecule has 0 radical (unpaired) electrons. The number of methoxy groups -OCH3 is 1. The number of carbonyl (C=O) groups excluding carboxylic acids is 2. The van der Waals surface area contributed by atoms with Gasteiger partial charge < -0.3 is 10.3 Å². The zero-order chi connectivity index (χ0) is 15.9. The van der Waals surface area contributed by atoms with Gasteiger partial charge in [0.15, 0.2) is 5.78 Å². The van der Waals surface area contributed by atoms with Gasteiger partial charge in [-0.25, -0.2) is 4.79 Å². The topological polar surface area (TPSA) is 79.8 Å². The highest BCUT2D eigenvalue weighted by atomic mass is 16.5. The van der Waals surface area contributed by atoms with Crippen molar-refractivity contribution in [2.45, 2.75) is 19.3 Å². The van der Waals surface area contributed by atoms with Crippen molar-refractivity contribution in [3.63, 3.8) is 0 Å². The number of benzene rings is 2. The predicted molar refractivity (Wildman–Crippen MR) is 82.8 cm³/mol. The van der Waals surface area contributed by atoms with Crippen LogP contribution in [0.1, 0.15) is 29.6 Å². The lowest BCUT2D eigenvalue weighted by atomic mass is 10.0. The molecule has 0 saturated carbocycles. The van der Waals surface area contributed by atoms with Gasteiger partial charge in [-0.3, -0.25) is 4.79 Å². The summed E-state index contributed by atoms with van der Waals surface area (Å²) in [7, 11) is 1.22. The van der Waals surface area contributed by atoms with Gasteiger partial charge in [0.05, 0.1) is 13.5 Å². The first-order valence-electron chi connectivity index (χ1n) is 6.97. The van der Waals surface area contributed by atoms with Crippen molar-refractivity contribution in [3.8, 4) is 0 Å². The van der Waals surface area contributed by atoms with E-state index in [1.165, 1.54) is 7.11 Å². The van der Waals surface area contributed by atoms with E-state index in [-0.39, 0.29) is 24.3 Å². The van der Waals surface area contributed by atoms with E-state index in [4.69, 9.17) is 5.53 Å². The van der Waals surface area contributed by atoms with Crippen LogP contribution in [-0.4, -0.2) is 29.4 Å². The molecule has 5 nitrogen and oxygen atoms in total. The Bertz CT molecular complexity index is 761. The van der Waals surface area contributed by atoms with Crippen LogP contribution in [0.4, 0.5) is 0 Å². The maximum Gasteiger partial charge on any atom is 0.416 e. The summed E-state index contributed by atoms with van der Waals surface area (Å²) in [6.45, 7) is 0. The third-order valence-electron chi connectivity index (χ3n) is 3.43. The molecule has 0 spiro atoms. The molecule has 0 aliphatic carbocycles. The molecule has 0 heterocycles. The van der Waals surface area contributed by atoms with Crippen LogP contribution in [0.15, 0.2) is 42.5 Å². The lowest BCUT2D eigenvalue weighted by molar-refractivity contribution is -0.137. The second-order valence-corrected chi connectivity index (χ2v) is 4.88. The molecular weight excluding hydrogens is 280 g/mol. The number of ether oxygens (including phenoxy) is 1. The summed E-state index contributed by atoms with van der Waals surface area (Å²) in [5.41, 5.74) is 9.29. The summed E-state index contributed by atoms with van der Waals surface area (Å²) in [6, 6.07) is 13.4. The number of hydrogen-bond donors (Lipinski definition) is 0. The summed E-state index contributed by atoms with van der Waals surface area (Å²) in [4.78, 5) is 26.3. The maximum atomic E-state index is 12.2. The average Bonchev–Trinajstić information content (AvgIpc) is 2.57. The lowest BCUT2D eigenvalue weighted by Crippen LogP contribution is -2.17. The van der Waals surface area contributed by atoms with Crippen LogP contribution >= 0.6 is 0 Å². The standard InChI is InChI=1S/C17H16N2O3/c1-22-17(21)15(19-18)7-4-8-16(20)14-10-9-12-5-2-3-6-13(12)11-14/h2-3,5-6,9-11H,4,7-8H2,1H3. The van der Waals surface area contributed by atoms with Crippen LogP contribution in [0, 0.1) is 0 Å². The summed E-state index contributed by atoms with van der Waals surface area (Å²) in [5, 5.41) is 2.10. The monoisotopic (exact) mass is 296 g/mol. The third kappa shape index (κ3) is 3.65.